The molecule has 0 saturated carbocycles. The highest BCUT2D eigenvalue weighted by Gasteiger charge is 2.31. The topological polar surface area (TPSA) is 64.1 Å². The predicted octanol–water partition coefficient (Wildman–Crippen LogP) is 1.97. The van der Waals surface area contributed by atoms with Crippen molar-refractivity contribution in [3.05, 3.63) is 35.4 Å². The molecule has 27 heavy (non-hydrogen) atoms. The van der Waals surface area contributed by atoms with Crippen molar-refractivity contribution in [2.75, 3.05) is 39.3 Å². The van der Waals surface area contributed by atoms with E-state index in [9.17, 15) is 14.7 Å². The van der Waals surface area contributed by atoms with Crippen molar-refractivity contribution >= 4 is 11.9 Å². The average Bonchev–Trinajstić information content (AvgIpc) is 2.89. The standard InChI is InChI=1S/C21H31N3O3/c1-17-7-2-3-8-18(17)15-22-10-6-12-23(14-13-22)20(25)16-24-11-5-4-9-19(24)21(26)27/h2-3,7-8,19H,4-6,9-16H2,1H3,(H,26,27). The molecule has 1 amide bonds. The normalized spacial score (nSPS) is 22.4. The van der Waals surface area contributed by atoms with E-state index in [0.29, 0.717) is 13.0 Å². The lowest BCUT2D eigenvalue weighted by Gasteiger charge is -2.33. The number of aryl methyl sites for hydroxylation is 1. The first-order valence-corrected chi connectivity index (χ1v) is 10.1. The van der Waals surface area contributed by atoms with Crippen LogP contribution >= 0.6 is 0 Å². The molecule has 148 valence electrons. The number of benzene rings is 1. The summed E-state index contributed by atoms with van der Waals surface area (Å²) in [5, 5.41) is 9.40. The first-order chi connectivity index (χ1) is 13.0. The van der Waals surface area contributed by atoms with E-state index in [2.05, 4.69) is 36.1 Å². The van der Waals surface area contributed by atoms with Gasteiger partial charge >= 0.3 is 5.97 Å². The van der Waals surface area contributed by atoms with Crippen molar-refractivity contribution in [1.29, 1.82) is 0 Å². The van der Waals surface area contributed by atoms with E-state index in [-0.39, 0.29) is 12.5 Å². The van der Waals surface area contributed by atoms with Gasteiger partial charge in [0, 0.05) is 32.7 Å². The van der Waals surface area contributed by atoms with Crippen molar-refractivity contribution in [1.82, 2.24) is 14.7 Å². The summed E-state index contributed by atoms with van der Waals surface area (Å²) in [4.78, 5) is 30.4. The van der Waals surface area contributed by atoms with Crippen LogP contribution in [0.1, 0.15) is 36.8 Å². The van der Waals surface area contributed by atoms with Crippen molar-refractivity contribution < 1.29 is 14.7 Å². The van der Waals surface area contributed by atoms with Crippen LogP contribution in [0.2, 0.25) is 0 Å². The van der Waals surface area contributed by atoms with Gasteiger partial charge < -0.3 is 10.0 Å². The van der Waals surface area contributed by atoms with Gasteiger partial charge in [-0.1, -0.05) is 30.7 Å². The number of rotatable bonds is 5. The molecule has 1 aromatic carbocycles. The minimum atomic E-state index is -0.803. The molecule has 1 N–H and O–H groups in total. The molecule has 0 bridgehead atoms. The maximum atomic E-state index is 12.8. The van der Waals surface area contributed by atoms with Gasteiger partial charge in [-0.15, -0.1) is 0 Å². The third kappa shape index (κ3) is 5.30. The summed E-state index contributed by atoms with van der Waals surface area (Å²) in [7, 11) is 0. The van der Waals surface area contributed by atoms with E-state index in [1.165, 1.54) is 11.1 Å². The molecule has 1 atom stereocenters. The van der Waals surface area contributed by atoms with Gasteiger partial charge in [-0.2, -0.15) is 0 Å². The number of carbonyl (C=O) groups is 2. The number of hydrogen-bond acceptors (Lipinski definition) is 4. The molecule has 6 nitrogen and oxygen atoms in total. The lowest BCUT2D eigenvalue weighted by atomic mass is 10.0. The molecular weight excluding hydrogens is 342 g/mol. The molecule has 6 heteroatoms. The van der Waals surface area contributed by atoms with Gasteiger partial charge in [0.05, 0.1) is 6.54 Å². The highest BCUT2D eigenvalue weighted by Crippen LogP contribution is 2.18. The summed E-state index contributed by atoms with van der Waals surface area (Å²) in [5.74, 6) is -0.733. The first-order valence-electron chi connectivity index (χ1n) is 10.1. The summed E-state index contributed by atoms with van der Waals surface area (Å²) in [6.45, 7) is 7.32. The lowest BCUT2D eigenvalue weighted by Crippen LogP contribution is -2.50. The fraction of sp³-hybridized carbons (Fsp3) is 0.619. The zero-order valence-corrected chi connectivity index (χ0v) is 16.3. The largest absolute Gasteiger partial charge is 0.480 e. The second-order valence-corrected chi connectivity index (χ2v) is 7.76. The molecule has 2 saturated heterocycles. The minimum absolute atomic E-state index is 0.0703. The van der Waals surface area contributed by atoms with Gasteiger partial charge in [-0.3, -0.25) is 19.4 Å². The molecule has 3 rings (SSSR count). The monoisotopic (exact) mass is 373 g/mol. The van der Waals surface area contributed by atoms with Crippen LogP contribution in [0.4, 0.5) is 0 Å². The van der Waals surface area contributed by atoms with E-state index >= 15 is 0 Å². The predicted molar refractivity (Wildman–Crippen MR) is 105 cm³/mol. The van der Waals surface area contributed by atoms with Crippen LogP contribution in [-0.4, -0.2) is 77.0 Å². The van der Waals surface area contributed by atoms with Gasteiger partial charge in [0.1, 0.15) is 6.04 Å². The Bertz CT molecular complexity index is 664. The molecule has 0 aromatic heterocycles. The maximum Gasteiger partial charge on any atom is 0.320 e. The quantitative estimate of drug-likeness (QED) is 0.855. The number of carbonyl (C=O) groups excluding carboxylic acids is 1. The molecule has 2 aliphatic rings. The van der Waals surface area contributed by atoms with Crippen molar-refractivity contribution in [3.63, 3.8) is 0 Å². The third-order valence-corrected chi connectivity index (χ3v) is 5.83. The maximum absolute atomic E-state index is 12.8. The average molecular weight is 373 g/mol. The molecule has 0 spiro atoms. The number of carboxylic acid groups (broad SMARTS) is 1. The first kappa shape index (κ1) is 19.8. The number of likely N-dealkylation sites (tertiary alicyclic amines) is 1. The molecule has 1 aromatic rings. The summed E-state index contributed by atoms with van der Waals surface area (Å²) < 4.78 is 0. The van der Waals surface area contributed by atoms with Crippen molar-refractivity contribution in [2.24, 2.45) is 0 Å². The van der Waals surface area contributed by atoms with Crippen LogP contribution in [0, 0.1) is 6.92 Å². The Morgan fingerprint density at radius 2 is 1.85 bits per heavy atom. The Hall–Kier alpha value is -1.92. The highest BCUT2D eigenvalue weighted by molar-refractivity contribution is 5.80. The smallest absolute Gasteiger partial charge is 0.320 e. The number of piperidine rings is 1. The molecule has 1 unspecified atom stereocenters. The third-order valence-electron chi connectivity index (χ3n) is 5.83. The van der Waals surface area contributed by atoms with E-state index in [1.807, 2.05) is 9.80 Å². The molecule has 0 aliphatic carbocycles. The van der Waals surface area contributed by atoms with Crippen molar-refractivity contribution in [3.8, 4) is 0 Å². The molecule has 2 heterocycles. The van der Waals surface area contributed by atoms with Crippen molar-refractivity contribution in [2.45, 2.75) is 45.2 Å². The summed E-state index contributed by atoms with van der Waals surface area (Å²) in [6, 6.07) is 7.94. The van der Waals surface area contributed by atoms with E-state index in [4.69, 9.17) is 0 Å². The fourth-order valence-electron chi connectivity index (χ4n) is 4.14. The second kappa shape index (κ2) is 9.33. The molecule has 0 radical (unpaired) electrons. The Morgan fingerprint density at radius 3 is 2.63 bits per heavy atom. The Kier molecular flexibility index (Phi) is 6.85. The lowest BCUT2D eigenvalue weighted by molar-refractivity contribution is -0.146. The van der Waals surface area contributed by atoms with Gasteiger partial charge in [0.2, 0.25) is 5.91 Å². The minimum Gasteiger partial charge on any atom is -0.480 e. The summed E-state index contributed by atoms with van der Waals surface area (Å²) in [5.41, 5.74) is 2.65. The highest BCUT2D eigenvalue weighted by atomic mass is 16.4. The van der Waals surface area contributed by atoms with Crippen LogP contribution < -0.4 is 0 Å². The van der Waals surface area contributed by atoms with Gasteiger partial charge in [0.25, 0.3) is 0 Å². The van der Waals surface area contributed by atoms with Crippen LogP contribution in [0.25, 0.3) is 0 Å². The van der Waals surface area contributed by atoms with Crippen LogP contribution in [0.15, 0.2) is 24.3 Å². The van der Waals surface area contributed by atoms with Gasteiger partial charge in [-0.05, 0) is 43.9 Å². The summed E-state index contributed by atoms with van der Waals surface area (Å²) in [6.07, 6.45) is 3.51. The van der Waals surface area contributed by atoms with Gasteiger partial charge in [-0.25, -0.2) is 0 Å². The SMILES string of the molecule is Cc1ccccc1CN1CCCN(C(=O)CN2CCCCC2C(=O)O)CC1. The zero-order valence-electron chi connectivity index (χ0n) is 16.3. The summed E-state index contributed by atoms with van der Waals surface area (Å²) >= 11 is 0. The molecular formula is C21H31N3O3. The number of nitrogens with zero attached hydrogens (tertiary/aromatic N) is 3. The van der Waals surface area contributed by atoms with E-state index in [0.717, 1.165) is 52.0 Å². The fourth-order valence-corrected chi connectivity index (χ4v) is 4.14. The zero-order chi connectivity index (χ0) is 19.2. The number of aliphatic carboxylic acids is 1. The van der Waals surface area contributed by atoms with Crippen LogP contribution in [-0.2, 0) is 16.1 Å². The Labute approximate surface area is 161 Å². The Morgan fingerprint density at radius 1 is 1.04 bits per heavy atom. The number of hydrogen-bond donors (Lipinski definition) is 1. The molecule has 2 aliphatic heterocycles. The van der Waals surface area contributed by atoms with Crippen LogP contribution in [0.3, 0.4) is 0 Å². The Balaban J connectivity index is 1.53. The van der Waals surface area contributed by atoms with E-state index in [1.54, 1.807) is 0 Å². The van der Waals surface area contributed by atoms with Crippen LogP contribution in [0.5, 0.6) is 0 Å². The molecule has 2 fully saturated rings. The van der Waals surface area contributed by atoms with Gasteiger partial charge in [0.15, 0.2) is 0 Å². The second-order valence-electron chi connectivity index (χ2n) is 7.76. The number of amides is 1. The van der Waals surface area contributed by atoms with E-state index < -0.39 is 12.0 Å². The number of carboxylic acids is 1.